The number of aromatic nitrogens is 3. The van der Waals surface area contributed by atoms with Gasteiger partial charge in [0.2, 0.25) is 0 Å². The summed E-state index contributed by atoms with van der Waals surface area (Å²) >= 11 is 1.63. The number of halogens is 1. The van der Waals surface area contributed by atoms with Gasteiger partial charge in [-0.15, -0.1) is 11.3 Å². The van der Waals surface area contributed by atoms with E-state index in [-0.39, 0.29) is 5.82 Å². The second-order valence-corrected chi connectivity index (χ2v) is 10.2. The predicted molar refractivity (Wildman–Crippen MR) is 152 cm³/mol. The molecule has 0 N–H and O–H groups in total. The molecule has 0 spiro atoms. The number of pyridine rings is 1. The van der Waals surface area contributed by atoms with E-state index >= 15 is 0 Å². The number of nitrogens with zero attached hydrogens (tertiary/aromatic N) is 3. The minimum absolute atomic E-state index is 0.250. The summed E-state index contributed by atoms with van der Waals surface area (Å²) in [5.41, 5.74) is 4.79. The van der Waals surface area contributed by atoms with Gasteiger partial charge in [-0.2, -0.15) is 0 Å². The number of benzene rings is 5. The molecule has 0 radical (unpaired) electrons. The van der Waals surface area contributed by atoms with E-state index in [0.717, 1.165) is 48.4 Å². The molecule has 0 saturated heterocycles. The number of rotatable bonds is 2. The van der Waals surface area contributed by atoms with Crippen LogP contribution in [0.25, 0.3) is 70.1 Å². The second kappa shape index (κ2) is 7.69. The third-order valence-corrected chi connectivity index (χ3v) is 8.23. The maximum absolute atomic E-state index is 14.6. The van der Waals surface area contributed by atoms with Crippen LogP contribution in [-0.2, 0) is 0 Å². The summed E-state index contributed by atoms with van der Waals surface area (Å²) in [5.74, 6) is 0.630. The first-order valence-electron chi connectivity index (χ1n) is 12.1. The molecule has 5 aromatic carbocycles. The summed E-state index contributed by atoms with van der Waals surface area (Å²) in [6.07, 6.45) is 0. The maximum Gasteiger partial charge on any atom is 0.147 e. The van der Waals surface area contributed by atoms with E-state index in [2.05, 4.69) is 83.4 Å². The number of para-hydroxylation sites is 2. The molecule has 5 heteroatoms. The standard InChI is InChI=1S/C32H18FN3S/c33-25-13-7-15-26-24(25)18-23-21-11-6-12-22(30(21)37-32(23)35-26)31-34-27-14-3-4-16-29(27)36(31)28-17-5-9-19-8-1-2-10-20(19)28/h1-18H. The quantitative estimate of drug-likeness (QED) is 0.240. The highest BCUT2D eigenvalue weighted by Crippen LogP contribution is 2.42. The molecule has 3 nitrogen and oxygen atoms in total. The van der Waals surface area contributed by atoms with Crippen LogP contribution in [-0.4, -0.2) is 14.5 Å². The molecule has 0 amide bonds. The fourth-order valence-electron chi connectivity index (χ4n) is 5.40. The van der Waals surface area contributed by atoms with E-state index < -0.39 is 0 Å². The SMILES string of the molecule is Fc1cccc2nc3sc4c(-c5nc6ccccc6n5-c5cccc6ccccc56)cccc4c3cc12. The molecule has 0 unspecified atom stereocenters. The highest BCUT2D eigenvalue weighted by Gasteiger charge is 2.20. The van der Waals surface area contributed by atoms with E-state index in [1.807, 2.05) is 18.2 Å². The molecule has 0 bridgehead atoms. The van der Waals surface area contributed by atoms with Crippen LogP contribution in [0.4, 0.5) is 4.39 Å². The van der Waals surface area contributed by atoms with Crippen LogP contribution >= 0.6 is 11.3 Å². The van der Waals surface area contributed by atoms with E-state index in [1.54, 1.807) is 17.4 Å². The van der Waals surface area contributed by atoms with Crippen molar-refractivity contribution in [2.45, 2.75) is 0 Å². The van der Waals surface area contributed by atoms with Gasteiger partial charge >= 0.3 is 0 Å². The Balaban J connectivity index is 1.49. The molecule has 0 aliphatic heterocycles. The van der Waals surface area contributed by atoms with E-state index in [9.17, 15) is 4.39 Å². The molecule has 0 fully saturated rings. The number of thiophene rings is 1. The largest absolute Gasteiger partial charge is 0.292 e. The zero-order valence-electron chi connectivity index (χ0n) is 19.5. The molecule has 37 heavy (non-hydrogen) atoms. The molecule has 0 atom stereocenters. The summed E-state index contributed by atoms with van der Waals surface area (Å²) < 4.78 is 18.0. The zero-order chi connectivity index (χ0) is 24.5. The molecule has 3 aromatic heterocycles. The Kier molecular flexibility index (Phi) is 4.28. The van der Waals surface area contributed by atoms with Crippen molar-refractivity contribution >= 4 is 64.3 Å². The Hall–Kier alpha value is -4.61. The Morgan fingerprint density at radius 3 is 2.35 bits per heavy atom. The number of imidazole rings is 1. The minimum atomic E-state index is -0.250. The van der Waals surface area contributed by atoms with Gasteiger partial charge in [0.1, 0.15) is 16.5 Å². The topological polar surface area (TPSA) is 30.7 Å². The van der Waals surface area contributed by atoms with Crippen molar-refractivity contribution in [1.29, 1.82) is 0 Å². The van der Waals surface area contributed by atoms with Crippen molar-refractivity contribution in [3.63, 3.8) is 0 Å². The molecule has 8 rings (SSSR count). The molecule has 8 aromatic rings. The van der Waals surface area contributed by atoms with E-state index in [1.165, 1.54) is 16.8 Å². The summed E-state index contributed by atoms with van der Waals surface area (Å²) in [6, 6.07) is 36.4. The predicted octanol–water partition coefficient (Wildman–Crippen LogP) is 8.90. The number of fused-ring (bicyclic) bond motifs is 6. The fourth-order valence-corrected chi connectivity index (χ4v) is 6.57. The van der Waals surface area contributed by atoms with Crippen molar-refractivity contribution in [3.8, 4) is 17.1 Å². The van der Waals surface area contributed by atoms with Gasteiger partial charge < -0.3 is 0 Å². The van der Waals surface area contributed by atoms with Crippen molar-refractivity contribution in [1.82, 2.24) is 14.5 Å². The second-order valence-electron chi connectivity index (χ2n) is 9.19. The molecule has 0 aliphatic rings. The normalized spacial score (nSPS) is 11.9. The van der Waals surface area contributed by atoms with Crippen LogP contribution in [0.2, 0.25) is 0 Å². The highest BCUT2D eigenvalue weighted by atomic mass is 32.1. The lowest BCUT2D eigenvalue weighted by molar-refractivity contribution is 0.640. The van der Waals surface area contributed by atoms with E-state index in [0.29, 0.717) is 10.9 Å². The molecule has 174 valence electrons. The highest BCUT2D eigenvalue weighted by molar-refractivity contribution is 7.26. The van der Waals surface area contributed by atoms with Gasteiger partial charge in [0, 0.05) is 31.8 Å². The summed E-state index contributed by atoms with van der Waals surface area (Å²) in [6.45, 7) is 0. The molecule has 3 heterocycles. The van der Waals surface area contributed by atoms with Crippen LogP contribution in [0.5, 0.6) is 0 Å². The first-order valence-corrected chi connectivity index (χ1v) is 12.9. The monoisotopic (exact) mass is 495 g/mol. The van der Waals surface area contributed by atoms with Gasteiger partial charge in [-0.05, 0) is 47.9 Å². The lowest BCUT2D eigenvalue weighted by atomic mass is 10.1. The van der Waals surface area contributed by atoms with Crippen molar-refractivity contribution in [2.75, 3.05) is 0 Å². The van der Waals surface area contributed by atoms with Gasteiger partial charge in [-0.1, -0.05) is 66.7 Å². The molecular formula is C32H18FN3S. The van der Waals surface area contributed by atoms with Gasteiger partial charge in [-0.3, -0.25) is 4.57 Å². The lowest BCUT2D eigenvalue weighted by Gasteiger charge is -2.13. The van der Waals surface area contributed by atoms with Crippen molar-refractivity contribution in [2.24, 2.45) is 0 Å². The maximum atomic E-state index is 14.6. The Morgan fingerprint density at radius 2 is 1.38 bits per heavy atom. The zero-order valence-corrected chi connectivity index (χ0v) is 20.3. The third kappa shape index (κ3) is 2.98. The average molecular weight is 496 g/mol. The van der Waals surface area contributed by atoms with Crippen LogP contribution in [0, 0.1) is 5.82 Å². The average Bonchev–Trinajstić information content (AvgIpc) is 3.50. The van der Waals surface area contributed by atoms with Crippen LogP contribution < -0.4 is 0 Å². The summed E-state index contributed by atoms with van der Waals surface area (Å²) in [7, 11) is 0. The Labute approximate surface area is 215 Å². The van der Waals surface area contributed by atoms with Crippen molar-refractivity contribution < 1.29 is 4.39 Å². The molecular weight excluding hydrogens is 477 g/mol. The van der Waals surface area contributed by atoms with Crippen LogP contribution in [0.1, 0.15) is 0 Å². The summed E-state index contributed by atoms with van der Waals surface area (Å²) in [5, 5.41) is 4.92. The van der Waals surface area contributed by atoms with Gasteiger partial charge in [0.25, 0.3) is 0 Å². The van der Waals surface area contributed by atoms with Gasteiger partial charge in [0.05, 0.1) is 22.2 Å². The first-order chi connectivity index (χ1) is 18.3. The van der Waals surface area contributed by atoms with Crippen LogP contribution in [0.3, 0.4) is 0 Å². The van der Waals surface area contributed by atoms with E-state index in [4.69, 9.17) is 9.97 Å². The Bertz CT molecular complexity index is 2170. The Morgan fingerprint density at radius 1 is 0.622 bits per heavy atom. The number of hydrogen-bond acceptors (Lipinski definition) is 3. The summed E-state index contributed by atoms with van der Waals surface area (Å²) in [4.78, 5) is 10.9. The van der Waals surface area contributed by atoms with Crippen LogP contribution in [0.15, 0.2) is 109 Å². The van der Waals surface area contributed by atoms with Crippen molar-refractivity contribution in [3.05, 3.63) is 115 Å². The van der Waals surface area contributed by atoms with Gasteiger partial charge in [0.15, 0.2) is 0 Å². The fraction of sp³-hybridized carbons (Fsp3) is 0. The lowest BCUT2D eigenvalue weighted by Crippen LogP contribution is -1.98. The first kappa shape index (κ1) is 20.6. The third-order valence-electron chi connectivity index (χ3n) is 7.08. The smallest absolute Gasteiger partial charge is 0.147 e. The number of hydrogen-bond donors (Lipinski definition) is 0. The minimum Gasteiger partial charge on any atom is -0.292 e. The van der Waals surface area contributed by atoms with Gasteiger partial charge in [-0.25, -0.2) is 14.4 Å². The molecule has 0 saturated carbocycles. The molecule has 0 aliphatic carbocycles.